The number of carbonyl (C=O) groups is 3. The highest BCUT2D eigenvalue weighted by atomic mass is 16.5. The van der Waals surface area contributed by atoms with E-state index in [2.05, 4.69) is 29.6 Å². The lowest BCUT2D eigenvalue weighted by molar-refractivity contribution is -0.128. The summed E-state index contributed by atoms with van der Waals surface area (Å²) >= 11 is 0. The van der Waals surface area contributed by atoms with Gasteiger partial charge in [0.2, 0.25) is 17.7 Å². The molecule has 3 amide bonds. The Balaban J connectivity index is 1.99. The lowest BCUT2D eigenvalue weighted by Crippen LogP contribution is -2.49. The summed E-state index contributed by atoms with van der Waals surface area (Å²) < 4.78 is 10.3. The molecule has 0 unspecified atom stereocenters. The Morgan fingerprint density at radius 3 is 2.15 bits per heavy atom. The molecule has 3 aromatic rings. The summed E-state index contributed by atoms with van der Waals surface area (Å²) in [6.45, 7) is 11.6. The first kappa shape index (κ1) is 30.4. The van der Waals surface area contributed by atoms with Gasteiger partial charge >= 0.3 is 0 Å². The zero-order chi connectivity index (χ0) is 29.4. The Morgan fingerprint density at radius 1 is 1.00 bits per heavy atom. The van der Waals surface area contributed by atoms with Crippen LogP contribution in [-0.4, -0.2) is 35.5 Å². The Morgan fingerprint density at radius 2 is 1.62 bits per heavy atom. The number of carbonyl (C=O) groups excluding carboxylic acids is 3. The number of hydrogen-bond acceptors (Lipinski definition) is 6. The SMILES string of the molecule is CC[C@H](C)c1ccc(N(C(=O)CCC(=O)Nc2cc(C)on2)[C@H](C(=O)NC(C)(C)C)c2ccc(OC)cc2)cc1. The fraction of sp³-hybridized carbons (Fsp3) is 0.419. The highest BCUT2D eigenvalue weighted by Crippen LogP contribution is 2.32. The van der Waals surface area contributed by atoms with Crippen molar-refractivity contribution in [1.82, 2.24) is 10.5 Å². The first-order chi connectivity index (χ1) is 18.9. The number of nitrogens with zero attached hydrogens (tertiary/aromatic N) is 2. The molecular weight excluding hydrogens is 508 g/mol. The van der Waals surface area contributed by atoms with Gasteiger partial charge in [-0.15, -0.1) is 0 Å². The summed E-state index contributed by atoms with van der Waals surface area (Å²) in [7, 11) is 1.57. The predicted octanol–water partition coefficient (Wildman–Crippen LogP) is 5.91. The van der Waals surface area contributed by atoms with E-state index < -0.39 is 11.6 Å². The number of hydrogen-bond donors (Lipinski definition) is 2. The average molecular weight is 549 g/mol. The minimum absolute atomic E-state index is 0.0948. The fourth-order valence-corrected chi connectivity index (χ4v) is 4.25. The summed E-state index contributed by atoms with van der Waals surface area (Å²) in [4.78, 5) is 41.8. The monoisotopic (exact) mass is 548 g/mol. The molecule has 9 heteroatoms. The number of aromatic nitrogens is 1. The highest BCUT2D eigenvalue weighted by molar-refractivity contribution is 6.03. The molecule has 1 aromatic heterocycles. The Labute approximate surface area is 236 Å². The van der Waals surface area contributed by atoms with E-state index in [0.717, 1.165) is 12.0 Å². The molecule has 214 valence electrons. The fourth-order valence-electron chi connectivity index (χ4n) is 4.25. The maximum atomic E-state index is 13.9. The Bertz CT molecular complexity index is 1290. The van der Waals surface area contributed by atoms with Crippen molar-refractivity contribution in [2.45, 2.75) is 78.3 Å². The van der Waals surface area contributed by atoms with Gasteiger partial charge < -0.3 is 19.9 Å². The second-order valence-corrected chi connectivity index (χ2v) is 11.0. The molecule has 0 aliphatic rings. The van der Waals surface area contributed by atoms with Crippen LogP contribution in [0, 0.1) is 6.92 Å². The van der Waals surface area contributed by atoms with Crippen LogP contribution in [0.2, 0.25) is 0 Å². The lowest BCUT2D eigenvalue weighted by atomic mass is 9.97. The van der Waals surface area contributed by atoms with Crippen LogP contribution in [0.5, 0.6) is 5.75 Å². The molecule has 0 aliphatic carbocycles. The quantitative estimate of drug-likeness (QED) is 0.308. The van der Waals surface area contributed by atoms with Crippen LogP contribution in [0.1, 0.15) is 82.7 Å². The molecule has 0 radical (unpaired) electrons. The topological polar surface area (TPSA) is 114 Å². The third kappa shape index (κ3) is 8.18. The van der Waals surface area contributed by atoms with Crippen molar-refractivity contribution in [2.75, 3.05) is 17.3 Å². The zero-order valence-electron chi connectivity index (χ0n) is 24.4. The first-order valence-corrected chi connectivity index (χ1v) is 13.5. The highest BCUT2D eigenvalue weighted by Gasteiger charge is 2.34. The standard InChI is InChI=1S/C31H40N4O5/c1-8-20(2)22-9-13-24(14-10-22)35(28(37)18-17-27(36)32-26-19-21(3)40-34-26)29(30(38)33-31(4,5)6)23-11-15-25(39-7)16-12-23/h9-16,19-20,29H,8,17-18H2,1-7H3,(H,33,38)(H,32,34,36)/t20-,29-/m0/s1. The Hall–Kier alpha value is -4.14. The van der Waals surface area contributed by atoms with E-state index in [-0.39, 0.29) is 36.4 Å². The third-order valence-electron chi connectivity index (χ3n) is 6.52. The zero-order valence-corrected chi connectivity index (χ0v) is 24.4. The first-order valence-electron chi connectivity index (χ1n) is 13.5. The van der Waals surface area contributed by atoms with Crippen molar-refractivity contribution in [3.05, 3.63) is 71.5 Å². The number of nitrogens with one attached hydrogen (secondary N) is 2. The van der Waals surface area contributed by atoms with Gasteiger partial charge in [-0.2, -0.15) is 0 Å². The van der Waals surface area contributed by atoms with Crippen LogP contribution in [-0.2, 0) is 14.4 Å². The number of anilines is 2. The maximum Gasteiger partial charge on any atom is 0.248 e. The van der Waals surface area contributed by atoms with E-state index in [1.807, 2.05) is 45.0 Å². The minimum Gasteiger partial charge on any atom is -0.497 e. The van der Waals surface area contributed by atoms with Gasteiger partial charge in [-0.05, 0) is 75.4 Å². The van der Waals surface area contributed by atoms with Crippen molar-refractivity contribution in [1.29, 1.82) is 0 Å². The summed E-state index contributed by atoms with van der Waals surface area (Å²) in [6, 6.07) is 15.4. The molecule has 0 fully saturated rings. The number of ether oxygens (including phenoxy) is 1. The van der Waals surface area contributed by atoms with Crippen molar-refractivity contribution in [2.24, 2.45) is 0 Å². The number of aryl methyl sites for hydroxylation is 1. The maximum absolute atomic E-state index is 13.9. The number of benzene rings is 2. The van der Waals surface area contributed by atoms with Gasteiger partial charge in [0.05, 0.1) is 7.11 Å². The molecule has 9 nitrogen and oxygen atoms in total. The Kier molecular flexibility index (Phi) is 10.1. The van der Waals surface area contributed by atoms with Gasteiger partial charge in [-0.3, -0.25) is 19.3 Å². The van der Waals surface area contributed by atoms with Gasteiger partial charge in [0.15, 0.2) is 5.82 Å². The molecule has 1 heterocycles. The summed E-state index contributed by atoms with van der Waals surface area (Å²) in [6.07, 6.45) is 0.762. The normalized spacial score (nSPS) is 12.8. The van der Waals surface area contributed by atoms with Crippen molar-refractivity contribution < 1.29 is 23.6 Å². The number of rotatable bonds is 11. The van der Waals surface area contributed by atoms with Gasteiger partial charge in [0, 0.05) is 30.1 Å². The molecule has 2 N–H and O–H groups in total. The van der Waals surface area contributed by atoms with Gasteiger partial charge in [-0.1, -0.05) is 43.3 Å². The molecule has 3 rings (SSSR count). The van der Waals surface area contributed by atoms with Crippen LogP contribution >= 0.6 is 0 Å². The van der Waals surface area contributed by atoms with Crippen molar-refractivity contribution >= 4 is 29.2 Å². The van der Waals surface area contributed by atoms with E-state index >= 15 is 0 Å². The molecule has 0 saturated carbocycles. The third-order valence-corrected chi connectivity index (χ3v) is 6.52. The van der Waals surface area contributed by atoms with Gasteiger partial charge in [0.1, 0.15) is 17.6 Å². The van der Waals surface area contributed by atoms with Crippen LogP contribution in [0.3, 0.4) is 0 Å². The van der Waals surface area contributed by atoms with E-state index in [9.17, 15) is 14.4 Å². The average Bonchev–Trinajstić information content (AvgIpc) is 3.33. The molecule has 2 aromatic carbocycles. The van der Waals surface area contributed by atoms with Crippen LogP contribution in [0.4, 0.5) is 11.5 Å². The lowest BCUT2D eigenvalue weighted by Gasteiger charge is -2.34. The van der Waals surface area contributed by atoms with E-state index in [1.54, 1.807) is 44.4 Å². The van der Waals surface area contributed by atoms with Crippen LogP contribution in [0.15, 0.2) is 59.1 Å². The molecule has 0 aliphatic heterocycles. The molecule has 40 heavy (non-hydrogen) atoms. The van der Waals surface area contributed by atoms with Gasteiger partial charge in [-0.25, -0.2) is 0 Å². The van der Waals surface area contributed by atoms with E-state index in [1.165, 1.54) is 4.90 Å². The minimum atomic E-state index is -0.978. The predicted molar refractivity (Wildman–Crippen MR) is 155 cm³/mol. The summed E-state index contributed by atoms with van der Waals surface area (Å²) in [5.74, 6) is 0.748. The second kappa shape index (κ2) is 13.3. The smallest absolute Gasteiger partial charge is 0.248 e. The van der Waals surface area contributed by atoms with Crippen molar-refractivity contribution in [3.63, 3.8) is 0 Å². The van der Waals surface area contributed by atoms with Crippen molar-refractivity contribution in [3.8, 4) is 5.75 Å². The molecule has 0 saturated heterocycles. The molecule has 2 atom stereocenters. The molecule has 0 spiro atoms. The van der Waals surface area contributed by atoms with E-state index in [4.69, 9.17) is 9.26 Å². The van der Waals surface area contributed by atoms with Crippen LogP contribution in [0.25, 0.3) is 0 Å². The summed E-state index contributed by atoms with van der Waals surface area (Å²) in [5, 5.41) is 9.44. The number of methoxy groups -OCH3 is 1. The van der Waals surface area contributed by atoms with Gasteiger partial charge in [0.25, 0.3) is 0 Å². The van der Waals surface area contributed by atoms with Crippen LogP contribution < -0.4 is 20.3 Å². The number of amides is 3. The molecule has 0 bridgehead atoms. The second-order valence-electron chi connectivity index (χ2n) is 11.0. The molecular formula is C31H40N4O5. The van der Waals surface area contributed by atoms with E-state index in [0.29, 0.717) is 28.7 Å². The summed E-state index contributed by atoms with van der Waals surface area (Å²) in [5.41, 5.74) is 1.78. The largest absolute Gasteiger partial charge is 0.497 e.